The summed E-state index contributed by atoms with van der Waals surface area (Å²) >= 11 is 3.47. The molecule has 0 aromatic carbocycles. The van der Waals surface area contributed by atoms with Gasteiger partial charge in [-0.15, -0.1) is 0 Å². The first-order valence-corrected chi connectivity index (χ1v) is 8.00. The van der Waals surface area contributed by atoms with Crippen LogP contribution < -0.4 is 10.2 Å². The summed E-state index contributed by atoms with van der Waals surface area (Å²) in [4.78, 5) is 11.6. The molecule has 0 amide bonds. The van der Waals surface area contributed by atoms with Gasteiger partial charge in [-0.2, -0.15) is 0 Å². The molecule has 0 radical (unpaired) electrons. The maximum absolute atomic E-state index is 4.60. The van der Waals surface area contributed by atoms with Gasteiger partial charge in [-0.1, -0.05) is 0 Å². The van der Waals surface area contributed by atoms with Crippen LogP contribution in [0.2, 0.25) is 0 Å². The number of nitrogens with zero attached hydrogens (tertiary/aromatic N) is 3. The quantitative estimate of drug-likeness (QED) is 0.871. The molecule has 2 aliphatic heterocycles. The van der Waals surface area contributed by atoms with E-state index < -0.39 is 0 Å². The highest BCUT2D eigenvalue weighted by molar-refractivity contribution is 9.10. The highest BCUT2D eigenvalue weighted by atomic mass is 79.9. The van der Waals surface area contributed by atoms with Crippen LogP contribution in [-0.4, -0.2) is 35.6 Å². The fourth-order valence-electron chi connectivity index (χ4n) is 3.59. The first-order valence-electron chi connectivity index (χ1n) is 7.20. The van der Waals surface area contributed by atoms with Crippen LogP contribution in [0.15, 0.2) is 29.0 Å². The van der Waals surface area contributed by atoms with Crippen molar-refractivity contribution in [2.24, 2.45) is 5.92 Å². The van der Waals surface area contributed by atoms with Gasteiger partial charge in [0.25, 0.3) is 0 Å². The Kier molecular flexibility index (Phi) is 3.11. The lowest BCUT2D eigenvalue weighted by molar-refractivity contribution is 0.386. The molecule has 2 aromatic heterocycles. The molecule has 20 heavy (non-hydrogen) atoms. The maximum Gasteiger partial charge on any atom is 0.112 e. The van der Waals surface area contributed by atoms with E-state index in [4.69, 9.17) is 0 Å². The van der Waals surface area contributed by atoms with Gasteiger partial charge in [-0.05, 0) is 46.8 Å². The van der Waals surface area contributed by atoms with Gasteiger partial charge in [0.05, 0.1) is 11.2 Å². The lowest BCUT2D eigenvalue weighted by Gasteiger charge is -2.39. The Morgan fingerprint density at radius 2 is 2.25 bits per heavy atom. The Balaban J connectivity index is 1.81. The molecule has 1 N–H and O–H groups in total. The summed E-state index contributed by atoms with van der Waals surface area (Å²) in [6, 6.07) is 4.77. The van der Waals surface area contributed by atoms with Crippen molar-refractivity contribution in [3.8, 4) is 0 Å². The second-order valence-corrected chi connectivity index (χ2v) is 6.59. The molecule has 0 aliphatic carbocycles. The molecule has 104 valence electrons. The van der Waals surface area contributed by atoms with Crippen LogP contribution in [0, 0.1) is 5.92 Å². The summed E-state index contributed by atoms with van der Waals surface area (Å²) in [6.45, 7) is 3.37. The van der Waals surface area contributed by atoms with Crippen LogP contribution in [0.1, 0.15) is 12.8 Å². The molecule has 2 aliphatic rings. The molecule has 2 saturated heterocycles. The second kappa shape index (κ2) is 4.97. The number of hydrogen-bond donors (Lipinski definition) is 1. The lowest BCUT2D eigenvalue weighted by atomic mass is 9.91. The zero-order chi connectivity index (χ0) is 13.5. The van der Waals surface area contributed by atoms with Crippen molar-refractivity contribution in [3.63, 3.8) is 0 Å². The Labute approximate surface area is 126 Å². The number of piperidine rings is 1. The minimum Gasteiger partial charge on any atom is -0.365 e. The fourth-order valence-corrected chi connectivity index (χ4v) is 3.91. The molecule has 0 bridgehead atoms. The Morgan fingerprint density at radius 1 is 1.30 bits per heavy atom. The molecule has 5 heteroatoms. The van der Waals surface area contributed by atoms with Crippen molar-refractivity contribution in [1.82, 2.24) is 15.3 Å². The average molecular weight is 333 g/mol. The first kappa shape index (κ1) is 12.5. The van der Waals surface area contributed by atoms with E-state index in [1.807, 2.05) is 18.5 Å². The SMILES string of the molecule is Brc1cnc2c(N3CCCC4CNCC43)ccnc2c1. The topological polar surface area (TPSA) is 41.1 Å². The van der Waals surface area contributed by atoms with Crippen LogP contribution in [0.3, 0.4) is 0 Å². The van der Waals surface area contributed by atoms with Crippen molar-refractivity contribution in [2.45, 2.75) is 18.9 Å². The van der Waals surface area contributed by atoms with Crippen molar-refractivity contribution < 1.29 is 0 Å². The van der Waals surface area contributed by atoms with Crippen LogP contribution in [0.4, 0.5) is 5.69 Å². The molecule has 2 aromatic rings. The fraction of sp³-hybridized carbons (Fsp3) is 0.467. The number of rotatable bonds is 1. The third kappa shape index (κ3) is 2.00. The number of anilines is 1. The molecule has 4 heterocycles. The van der Waals surface area contributed by atoms with Crippen LogP contribution in [-0.2, 0) is 0 Å². The number of halogens is 1. The van der Waals surface area contributed by atoms with Crippen LogP contribution >= 0.6 is 15.9 Å². The van der Waals surface area contributed by atoms with Gasteiger partial charge < -0.3 is 10.2 Å². The average Bonchev–Trinajstić information content (AvgIpc) is 2.94. The number of aromatic nitrogens is 2. The number of nitrogens with one attached hydrogen (secondary N) is 1. The molecule has 4 rings (SSSR count). The smallest absolute Gasteiger partial charge is 0.112 e. The van der Waals surface area contributed by atoms with E-state index in [0.29, 0.717) is 6.04 Å². The van der Waals surface area contributed by atoms with E-state index in [0.717, 1.165) is 41.1 Å². The zero-order valence-electron chi connectivity index (χ0n) is 11.2. The highest BCUT2D eigenvalue weighted by Crippen LogP contribution is 2.34. The van der Waals surface area contributed by atoms with E-state index in [1.54, 1.807) is 0 Å². The summed E-state index contributed by atoms with van der Waals surface area (Å²) in [6.07, 6.45) is 6.37. The van der Waals surface area contributed by atoms with Gasteiger partial charge in [0.2, 0.25) is 0 Å². The summed E-state index contributed by atoms with van der Waals surface area (Å²) in [7, 11) is 0. The van der Waals surface area contributed by atoms with Crippen molar-refractivity contribution in [1.29, 1.82) is 0 Å². The second-order valence-electron chi connectivity index (χ2n) is 5.67. The van der Waals surface area contributed by atoms with Crippen LogP contribution in [0.25, 0.3) is 11.0 Å². The molecular formula is C15H17BrN4. The minimum atomic E-state index is 0.611. The van der Waals surface area contributed by atoms with E-state index in [1.165, 1.54) is 18.5 Å². The Hall–Kier alpha value is -1.20. The van der Waals surface area contributed by atoms with E-state index >= 15 is 0 Å². The molecule has 2 unspecified atom stereocenters. The van der Waals surface area contributed by atoms with Crippen molar-refractivity contribution in [3.05, 3.63) is 29.0 Å². The van der Waals surface area contributed by atoms with Gasteiger partial charge in [0.1, 0.15) is 5.52 Å². The predicted molar refractivity (Wildman–Crippen MR) is 84.0 cm³/mol. The third-order valence-corrected chi connectivity index (χ3v) is 4.94. The number of hydrogen-bond acceptors (Lipinski definition) is 4. The van der Waals surface area contributed by atoms with Gasteiger partial charge in [-0.3, -0.25) is 9.97 Å². The van der Waals surface area contributed by atoms with Gasteiger partial charge in [0, 0.05) is 42.5 Å². The highest BCUT2D eigenvalue weighted by Gasteiger charge is 2.35. The first-order chi connectivity index (χ1) is 9.83. The minimum absolute atomic E-state index is 0.611. The number of fused-ring (bicyclic) bond motifs is 2. The molecular weight excluding hydrogens is 316 g/mol. The zero-order valence-corrected chi connectivity index (χ0v) is 12.8. The summed E-state index contributed by atoms with van der Waals surface area (Å²) < 4.78 is 0.980. The van der Waals surface area contributed by atoms with Gasteiger partial charge >= 0.3 is 0 Å². The monoisotopic (exact) mass is 332 g/mol. The molecule has 2 atom stereocenters. The van der Waals surface area contributed by atoms with E-state index in [9.17, 15) is 0 Å². The van der Waals surface area contributed by atoms with Crippen molar-refractivity contribution in [2.75, 3.05) is 24.5 Å². The van der Waals surface area contributed by atoms with Crippen LogP contribution in [0.5, 0.6) is 0 Å². The third-order valence-electron chi connectivity index (χ3n) is 4.51. The summed E-state index contributed by atoms with van der Waals surface area (Å²) in [5.74, 6) is 0.780. The Bertz CT molecular complexity index is 645. The standard InChI is InChI=1S/C15H17BrN4/c16-11-6-12-15(19-8-11)13(3-4-18-12)20-5-1-2-10-7-17-9-14(10)20/h3-4,6,8,10,14,17H,1-2,5,7,9H2. The summed E-state index contributed by atoms with van der Waals surface area (Å²) in [5.41, 5.74) is 3.22. The van der Waals surface area contributed by atoms with E-state index in [2.05, 4.69) is 42.2 Å². The number of pyridine rings is 2. The van der Waals surface area contributed by atoms with Gasteiger partial charge in [-0.25, -0.2) is 0 Å². The normalized spacial score (nSPS) is 25.9. The molecule has 4 nitrogen and oxygen atoms in total. The largest absolute Gasteiger partial charge is 0.365 e. The van der Waals surface area contributed by atoms with Crippen molar-refractivity contribution >= 4 is 32.7 Å². The predicted octanol–water partition coefficient (Wildman–Crippen LogP) is 2.58. The lowest BCUT2D eigenvalue weighted by Crippen LogP contribution is -2.45. The van der Waals surface area contributed by atoms with E-state index in [-0.39, 0.29) is 0 Å². The molecule has 2 fully saturated rings. The Morgan fingerprint density at radius 3 is 3.20 bits per heavy atom. The molecule has 0 spiro atoms. The van der Waals surface area contributed by atoms with Gasteiger partial charge in [0.15, 0.2) is 0 Å². The molecule has 0 saturated carbocycles. The maximum atomic E-state index is 4.60. The summed E-state index contributed by atoms with van der Waals surface area (Å²) in [5, 5.41) is 3.54.